The van der Waals surface area contributed by atoms with Crippen LogP contribution in [-0.2, 0) is 9.53 Å². The molecule has 0 amide bonds. The Balaban J connectivity index is 2.23. The fourth-order valence-corrected chi connectivity index (χ4v) is 2.86. The van der Waals surface area contributed by atoms with E-state index in [-0.39, 0.29) is 17.8 Å². The molecule has 1 N–H and O–H groups in total. The first-order chi connectivity index (χ1) is 8.61. The molecule has 98 valence electrons. The van der Waals surface area contributed by atoms with Gasteiger partial charge in [0.05, 0.1) is 12.5 Å². The highest BCUT2D eigenvalue weighted by Crippen LogP contribution is 2.32. The molecule has 2 atom stereocenters. The molecule has 1 aliphatic rings. The summed E-state index contributed by atoms with van der Waals surface area (Å²) in [6, 6.07) is 5.41. The van der Waals surface area contributed by atoms with Crippen LogP contribution in [0.25, 0.3) is 0 Å². The van der Waals surface area contributed by atoms with Gasteiger partial charge >= 0.3 is 5.97 Å². The third-order valence-electron chi connectivity index (χ3n) is 3.12. The summed E-state index contributed by atoms with van der Waals surface area (Å²) in [4.78, 5) is 11.9. The number of carbonyl (C=O) groups is 1. The van der Waals surface area contributed by atoms with Crippen molar-refractivity contribution in [1.29, 1.82) is 0 Å². The third kappa shape index (κ3) is 2.97. The van der Waals surface area contributed by atoms with Crippen molar-refractivity contribution >= 4 is 29.2 Å². The molecule has 1 aromatic rings. The van der Waals surface area contributed by atoms with E-state index in [1.54, 1.807) is 6.07 Å². The molecular formula is C13H15Cl2NO2. The third-order valence-corrected chi connectivity index (χ3v) is 3.55. The summed E-state index contributed by atoms with van der Waals surface area (Å²) >= 11 is 12.0. The van der Waals surface area contributed by atoms with Gasteiger partial charge in [-0.25, -0.2) is 0 Å². The first kappa shape index (κ1) is 13.7. The van der Waals surface area contributed by atoms with Crippen molar-refractivity contribution in [2.24, 2.45) is 5.92 Å². The van der Waals surface area contributed by atoms with E-state index in [1.165, 1.54) is 0 Å². The van der Waals surface area contributed by atoms with E-state index in [2.05, 4.69) is 5.32 Å². The zero-order valence-electron chi connectivity index (χ0n) is 10.1. The van der Waals surface area contributed by atoms with Crippen molar-refractivity contribution in [3.63, 3.8) is 0 Å². The molecule has 1 saturated heterocycles. The average molecular weight is 288 g/mol. The summed E-state index contributed by atoms with van der Waals surface area (Å²) in [7, 11) is 0. The molecule has 0 spiro atoms. The van der Waals surface area contributed by atoms with Crippen LogP contribution < -0.4 is 5.32 Å². The standard InChI is InChI=1S/C13H15Cl2NO2/c1-2-18-13(17)12-7-16-6-11(12)8-3-9(14)5-10(15)4-8/h3-5,11-12,16H,2,6-7H2,1H3. The van der Waals surface area contributed by atoms with Gasteiger partial charge in [0, 0.05) is 29.1 Å². The first-order valence-electron chi connectivity index (χ1n) is 5.95. The summed E-state index contributed by atoms with van der Waals surface area (Å²) < 4.78 is 5.09. The van der Waals surface area contributed by atoms with Crippen LogP contribution in [0.1, 0.15) is 18.4 Å². The minimum Gasteiger partial charge on any atom is -0.466 e. The molecule has 2 unspecified atom stereocenters. The zero-order valence-corrected chi connectivity index (χ0v) is 11.6. The molecule has 1 aromatic carbocycles. The number of nitrogens with one attached hydrogen (secondary N) is 1. The van der Waals surface area contributed by atoms with Gasteiger partial charge in [-0.05, 0) is 30.7 Å². The van der Waals surface area contributed by atoms with Crippen molar-refractivity contribution in [3.8, 4) is 0 Å². The monoisotopic (exact) mass is 287 g/mol. The quantitative estimate of drug-likeness (QED) is 0.869. The molecule has 5 heteroatoms. The topological polar surface area (TPSA) is 38.3 Å². The van der Waals surface area contributed by atoms with Crippen molar-refractivity contribution in [3.05, 3.63) is 33.8 Å². The maximum Gasteiger partial charge on any atom is 0.310 e. The Bertz CT molecular complexity index is 430. The number of rotatable bonds is 3. The largest absolute Gasteiger partial charge is 0.466 e. The van der Waals surface area contributed by atoms with Crippen molar-refractivity contribution < 1.29 is 9.53 Å². The van der Waals surface area contributed by atoms with Gasteiger partial charge in [-0.15, -0.1) is 0 Å². The SMILES string of the molecule is CCOC(=O)C1CNCC1c1cc(Cl)cc(Cl)c1. The number of ether oxygens (including phenoxy) is 1. The molecule has 1 fully saturated rings. The molecule has 1 heterocycles. The Kier molecular flexibility index (Phi) is 4.49. The van der Waals surface area contributed by atoms with E-state index < -0.39 is 0 Å². The molecule has 0 aromatic heterocycles. The molecule has 0 saturated carbocycles. The van der Waals surface area contributed by atoms with Crippen LogP contribution in [0.15, 0.2) is 18.2 Å². The normalized spacial score (nSPS) is 23.1. The van der Waals surface area contributed by atoms with Crippen molar-refractivity contribution in [1.82, 2.24) is 5.32 Å². The fraction of sp³-hybridized carbons (Fsp3) is 0.462. The van der Waals surface area contributed by atoms with Gasteiger partial charge in [-0.3, -0.25) is 4.79 Å². The Hall–Kier alpha value is -0.770. The van der Waals surface area contributed by atoms with E-state index in [1.807, 2.05) is 19.1 Å². The fourth-order valence-electron chi connectivity index (χ4n) is 2.32. The molecule has 3 nitrogen and oxygen atoms in total. The van der Waals surface area contributed by atoms with Crippen LogP contribution in [0.5, 0.6) is 0 Å². The van der Waals surface area contributed by atoms with Gasteiger partial charge in [0.2, 0.25) is 0 Å². The average Bonchev–Trinajstić information content (AvgIpc) is 2.76. The van der Waals surface area contributed by atoms with Gasteiger partial charge < -0.3 is 10.1 Å². The van der Waals surface area contributed by atoms with Gasteiger partial charge in [-0.2, -0.15) is 0 Å². The first-order valence-corrected chi connectivity index (χ1v) is 6.70. The predicted octanol–water partition coefficient (Wildman–Crippen LogP) is 2.86. The minimum absolute atomic E-state index is 0.0697. The maximum absolute atomic E-state index is 11.9. The van der Waals surface area contributed by atoms with Crippen LogP contribution in [0.3, 0.4) is 0 Å². The van der Waals surface area contributed by atoms with Gasteiger partial charge in [0.25, 0.3) is 0 Å². The molecular weight excluding hydrogens is 273 g/mol. The van der Waals surface area contributed by atoms with E-state index in [4.69, 9.17) is 27.9 Å². The molecule has 0 radical (unpaired) electrons. The molecule has 18 heavy (non-hydrogen) atoms. The van der Waals surface area contributed by atoms with E-state index in [0.29, 0.717) is 23.2 Å². The maximum atomic E-state index is 11.9. The van der Waals surface area contributed by atoms with Crippen LogP contribution >= 0.6 is 23.2 Å². The van der Waals surface area contributed by atoms with E-state index in [9.17, 15) is 4.79 Å². The highest BCUT2D eigenvalue weighted by Gasteiger charge is 2.35. The van der Waals surface area contributed by atoms with Crippen LogP contribution in [0.2, 0.25) is 10.0 Å². The number of benzene rings is 1. The number of esters is 1. The Morgan fingerprint density at radius 1 is 1.33 bits per heavy atom. The van der Waals surface area contributed by atoms with Gasteiger partial charge in [0.15, 0.2) is 0 Å². The highest BCUT2D eigenvalue weighted by atomic mass is 35.5. The lowest BCUT2D eigenvalue weighted by Crippen LogP contribution is -2.24. The summed E-state index contributed by atoms with van der Waals surface area (Å²) in [6.07, 6.45) is 0. The lowest BCUT2D eigenvalue weighted by atomic mass is 9.89. The van der Waals surface area contributed by atoms with Crippen molar-refractivity contribution in [2.75, 3.05) is 19.7 Å². The van der Waals surface area contributed by atoms with Crippen molar-refractivity contribution in [2.45, 2.75) is 12.8 Å². The zero-order chi connectivity index (χ0) is 13.1. The summed E-state index contributed by atoms with van der Waals surface area (Å²) in [5, 5.41) is 4.39. The second-order valence-corrected chi connectivity index (χ2v) is 5.20. The van der Waals surface area contributed by atoms with E-state index in [0.717, 1.165) is 12.1 Å². The van der Waals surface area contributed by atoms with Gasteiger partial charge in [-0.1, -0.05) is 23.2 Å². The number of hydrogen-bond acceptors (Lipinski definition) is 3. The van der Waals surface area contributed by atoms with Crippen LogP contribution in [0.4, 0.5) is 0 Å². The number of halogens is 2. The van der Waals surface area contributed by atoms with Gasteiger partial charge in [0.1, 0.15) is 0 Å². The van der Waals surface area contributed by atoms with E-state index >= 15 is 0 Å². The molecule has 2 rings (SSSR count). The summed E-state index contributed by atoms with van der Waals surface area (Å²) in [5.74, 6) is -0.261. The Morgan fingerprint density at radius 3 is 2.61 bits per heavy atom. The van der Waals surface area contributed by atoms with Crippen LogP contribution in [0, 0.1) is 5.92 Å². The Morgan fingerprint density at radius 2 is 2.00 bits per heavy atom. The number of hydrogen-bond donors (Lipinski definition) is 1. The molecule has 0 aliphatic carbocycles. The smallest absolute Gasteiger partial charge is 0.310 e. The Labute approximate surface area is 116 Å². The highest BCUT2D eigenvalue weighted by molar-refractivity contribution is 6.34. The second-order valence-electron chi connectivity index (χ2n) is 4.33. The minimum atomic E-state index is -0.167. The number of carbonyl (C=O) groups excluding carboxylic acids is 1. The summed E-state index contributed by atoms with van der Waals surface area (Å²) in [5.41, 5.74) is 0.982. The van der Waals surface area contributed by atoms with Crippen LogP contribution in [-0.4, -0.2) is 25.7 Å². The summed E-state index contributed by atoms with van der Waals surface area (Å²) in [6.45, 7) is 3.58. The molecule has 1 aliphatic heterocycles. The lowest BCUT2D eigenvalue weighted by molar-refractivity contribution is -0.147. The second kappa shape index (κ2) is 5.91. The predicted molar refractivity (Wildman–Crippen MR) is 72.2 cm³/mol. The molecule has 0 bridgehead atoms. The lowest BCUT2D eigenvalue weighted by Gasteiger charge is -2.18.